The largest absolute Gasteiger partial charge is 0.404 e. The number of hydrogen-bond acceptors (Lipinski definition) is 4. The van der Waals surface area contributed by atoms with Gasteiger partial charge >= 0.3 is 0 Å². The summed E-state index contributed by atoms with van der Waals surface area (Å²) in [7, 11) is 5.47. The van der Waals surface area contributed by atoms with Crippen LogP contribution in [-0.2, 0) is 4.74 Å². The fourth-order valence-corrected chi connectivity index (χ4v) is 0.779. The summed E-state index contributed by atoms with van der Waals surface area (Å²) in [6, 6.07) is 0. The maximum atomic E-state index is 5.45. The van der Waals surface area contributed by atoms with Crippen molar-refractivity contribution in [2.45, 2.75) is 0 Å². The van der Waals surface area contributed by atoms with Gasteiger partial charge in [-0.05, 0) is 0 Å². The van der Waals surface area contributed by atoms with Crippen molar-refractivity contribution < 1.29 is 4.74 Å². The molecule has 0 unspecified atom stereocenters. The van der Waals surface area contributed by atoms with E-state index in [1.807, 2.05) is 19.0 Å². The Morgan fingerprint density at radius 2 is 2.21 bits per heavy atom. The molecular formula is C10H19N3O. The highest BCUT2D eigenvalue weighted by Gasteiger charge is 2.00. The first-order valence-electron chi connectivity index (χ1n) is 4.40. The predicted octanol–water partition coefficient (Wildman–Crippen LogP) is 0.622. The van der Waals surface area contributed by atoms with Gasteiger partial charge in [0.15, 0.2) is 0 Å². The SMILES string of the molecule is C=C(C(C=NCCOC)=CN)N(C)C. The van der Waals surface area contributed by atoms with Gasteiger partial charge in [0, 0.05) is 44.9 Å². The van der Waals surface area contributed by atoms with Gasteiger partial charge in [-0.25, -0.2) is 0 Å². The van der Waals surface area contributed by atoms with E-state index in [1.54, 1.807) is 13.3 Å². The average Bonchev–Trinajstić information content (AvgIpc) is 2.17. The Balaban J connectivity index is 4.17. The number of nitrogens with zero attached hydrogens (tertiary/aromatic N) is 2. The smallest absolute Gasteiger partial charge is 0.0658 e. The molecule has 4 heteroatoms. The number of nitrogens with two attached hydrogens (primary N) is 1. The van der Waals surface area contributed by atoms with Crippen LogP contribution in [0.4, 0.5) is 0 Å². The second-order valence-electron chi connectivity index (χ2n) is 2.99. The number of aliphatic imine (C=N–C) groups is 1. The zero-order valence-electron chi connectivity index (χ0n) is 9.16. The van der Waals surface area contributed by atoms with Crippen molar-refractivity contribution in [1.82, 2.24) is 4.90 Å². The van der Waals surface area contributed by atoms with Crippen LogP contribution in [0.5, 0.6) is 0 Å². The Morgan fingerprint density at radius 1 is 1.57 bits per heavy atom. The lowest BCUT2D eigenvalue weighted by atomic mass is 10.2. The lowest BCUT2D eigenvalue weighted by molar-refractivity contribution is 0.208. The van der Waals surface area contributed by atoms with Crippen LogP contribution >= 0.6 is 0 Å². The molecule has 0 aromatic rings. The van der Waals surface area contributed by atoms with Gasteiger partial charge in [-0.2, -0.15) is 0 Å². The number of likely N-dealkylation sites (N-methyl/N-ethyl adjacent to an activating group) is 1. The van der Waals surface area contributed by atoms with Gasteiger partial charge in [0.25, 0.3) is 0 Å². The lowest BCUT2D eigenvalue weighted by Crippen LogP contribution is -2.13. The Hall–Kier alpha value is -1.29. The van der Waals surface area contributed by atoms with E-state index in [-0.39, 0.29) is 0 Å². The maximum absolute atomic E-state index is 5.45. The summed E-state index contributed by atoms with van der Waals surface area (Å²) >= 11 is 0. The second-order valence-corrected chi connectivity index (χ2v) is 2.99. The third kappa shape index (κ3) is 4.67. The van der Waals surface area contributed by atoms with Crippen molar-refractivity contribution in [3.05, 3.63) is 24.0 Å². The van der Waals surface area contributed by atoms with Crippen LogP contribution in [0.25, 0.3) is 0 Å². The Morgan fingerprint density at radius 3 is 2.64 bits per heavy atom. The van der Waals surface area contributed by atoms with Crippen LogP contribution in [0.2, 0.25) is 0 Å². The quantitative estimate of drug-likeness (QED) is 0.386. The van der Waals surface area contributed by atoms with E-state index in [9.17, 15) is 0 Å². The summed E-state index contributed by atoms with van der Waals surface area (Å²) in [5, 5.41) is 0. The minimum atomic E-state index is 0.614. The average molecular weight is 197 g/mol. The molecule has 0 radical (unpaired) electrons. The van der Waals surface area contributed by atoms with Crippen LogP contribution in [0.15, 0.2) is 29.0 Å². The fourth-order valence-electron chi connectivity index (χ4n) is 0.779. The molecule has 0 saturated heterocycles. The van der Waals surface area contributed by atoms with Crippen molar-refractivity contribution in [3.63, 3.8) is 0 Å². The molecule has 0 saturated carbocycles. The zero-order chi connectivity index (χ0) is 11.0. The number of methoxy groups -OCH3 is 1. The van der Waals surface area contributed by atoms with Crippen molar-refractivity contribution in [2.24, 2.45) is 10.7 Å². The lowest BCUT2D eigenvalue weighted by Gasteiger charge is -2.15. The summed E-state index contributed by atoms with van der Waals surface area (Å²) in [5.41, 5.74) is 7.12. The molecule has 0 aromatic carbocycles. The van der Waals surface area contributed by atoms with Gasteiger partial charge in [0.1, 0.15) is 0 Å². The van der Waals surface area contributed by atoms with Crippen LogP contribution in [-0.4, -0.2) is 45.5 Å². The van der Waals surface area contributed by atoms with E-state index in [4.69, 9.17) is 10.5 Å². The third-order valence-corrected chi connectivity index (χ3v) is 1.71. The summed E-state index contributed by atoms with van der Waals surface area (Å²) in [6.07, 6.45) is 3.21. The molecule has 0 fully saturated rings. The molecule has 0 aliphatic heterocycles. The topological polar surface area (TPSA) is 50.9 Å². The molecule has 0 aromatic heterocycles. The first kappa shape index (κ1) is 12.7. The molecule has 0 heterocycles. The Labute approximate surface area is 85.8 Å². The third-order valence-electron chi connectivity index (χ3n) is 1.71. The van der Waals surface area contributed by atoms with Crippen molar-refractivity contribution in [2.75, 3.05) is 34.4 Å². The molecule has 14 heavy (non-hydrogen) atoms. The summed E-state index contributed by atoms with van der Waals surface area (Å²) in [6.45, 7) is 5.13. The molecule has 0 aliphatic carbocycles. The highest BCUT2D eigenvalue weighted by atomic mass is 16.5. The number of ether oxygens (including phenoxy) is 1. The van der Waals surface area contributed by atoms with Crippen molar-refractivity contribution >= 4 is 6.21 Å². The van der Waals surface area contributed by atoms with Crippen molar-refractivity contribution in [3.8, 4) is 0 Å². The van der Waals surface area contributed by atoms with Gasteiger partial charge in [-0.1, -0.05) is 6.58 Å². The van der Waals surface area contributed by atoms with E-state index in [1.165, 1.54) is 6.20 Å². The molecule has 0 amide bonds. The monoisotopic (exact) mass is 197 g/mol. The standard InChI is InChI=1S/C10H19N3O/c1-9(13(2)3)10(7-11)8-12-5-6-14-4/h7-8H,1,5-6,11H2,2-4H3. The molecule has 2 N–H and O–H groups in total. The van der Waals surface area contributed by atoms with E-state index in [0.29, 0.717) is 13.2 Å². The first-order valence-corrected chi connectivity index (χ1v) is 4.40. The summed E-state index contributed by atoms with van der Waals surface area (Å²) in [4.78, 5) is 6.04. The van der Waals surface area contributed by atoms with Gasteiger partial charge < -0.3 is 15.4 Å². The van der Waals surface area contributed by atoms with Crippen LogP contribution in [0.3, 0.4) is 0 Å². The number of hydrogen-bond donors (Lipinski definition) is 1. The fraction of sp³-hybridized carbons (Fsp3) is 0.500. The molecule has 0 rings (SSSR count). The van der Waals surface area contributed by atoms with E-state index in [0.717, 1.165) is 11.3 Å². The summed E-state index contributed by atoms with van der Waals surface area (Å²) in [5.74, 6) is 0. The first-order chi connectivity index (χ1) is 6.63. The maximum Gasteiger partial charge on any atom is 0.0658 e. The second kappa shape index (κ2) is 7.15. The van der Waals surface area contributed by atoms with Crippen molar-refractivity contribution in [1.29, 1.82) is 0 Å². The number of allylic oxidation sites excluding steroid dienone is 1. The molecule has 4 nitrogen and oxygen atoms in total. The highest BCUT2D eigenvalue weighted by Crippen LogP contribution is 2.05. The van der Waals surface area contributed by atoms with Crippen LogP contribution in [0.1, 0.15) is 0 Å². The Bertz CT molecular complexity index is 232. The van der Waals surface area contributed by atoms with Crippen LogP contribution in [0, 0.1) is 0 Å². The van der Waals surface area contributed by atoms with Crippen LogP contribution < -0.4 is 5.73 Å². The molecule has 0 bridgehead atoms. The minimum Gasteiger partial charge on any atom is -0.404 e. The number of rotatable bonds is 6. The Kier molecular flexibility index (Phi) is 6.49. The summed E-state index contributed by atoms with van der Waals surface area (Å²) < 4.78 is 4.87. The van der Waals surface area contributed by atoms with Gasteiger partial charge in [0.2, 0.25) is 0 Å². The molecule has 0 atom stereocenters. The predicted molar refractivity (Wildman–Crippen MR) is 60.3 cm³/mol. The highest BCUT2D eigenvalue weighted by molar-refractivity contribution is 5.83. The van der Waals surface area contributed by atoms with E-state index in [2.05, 4.69) is 11.6 Å². The van der Waals surface area contributed by atoms with Gasteiger partial charge in [-0.3, -0.25) is 4.99 Å². The molecule has 0 aliphatic rings. The minimum absolute atomic E-state index is 0.614. The van der Waals surface area contributed by atoms with E-state index < -0.39 is 0 Å². The molecular weight excluding hydrogens is 178 g/mol. The zero-order valence-corrected chi connectivity index (χ0v) is 9.16. The van der Waals surface area contributed by atoms with E-state index >= 15 is 0 Å². The van der Waals surface area contributed by atoms with Gasteiger partial charge in [0.05, 0.1) is 13.2 Å². The molecule has 80 valence electrons. The molecule has 0 spiro atoms. The normalized spacial score (nSPS) is 12.1. The van der Waals surface area contributed by atoms with Gasteiger partial charge in [-0.15, -0.1) is 0 Å².